The fraction of sp³-hybridized carbons (Fsp3) is 0.438. The van der Waals surface area contributed by atoms with Crippen LogP contribution in [0.1, 0.15) is 38.9 Å². The van der Waals surface area contributed by atoms with Crippen LogP contribution in [-0.2, 0) is 14.9 Å². The number of rotatable bonds is 6. The summed E-state index contributed by atoms with van der Waals surface area (Å²) in [5.74, 6) is 0. The lowest BCUT2D eigenvalue weighted by Crippen LogP contribution is -2.43. The second-order valence-electron chi connectivity index (χ2n) is 6.49. The Morgan fingerprint density at radius 3 is 2.68 bits per heavy atom. The number of nitrogens with one attached hydrogen (secondary N) is 2. The summed E-state index contributed by atoms with van der Waals surface area (Å²) in [6, 6.07) is 7.69. The Morgan fingerprint density at radius 1 is 1.32 bits per heavy atom. The Morgan fingerprint density at radius 2 is 2.00 bits per heavy atom. The summed E-state index contributed by atoms with van der Waals surface area (Å²) in [7, 11) is -4.04. The second-order valence-corrected chi connectivity index (χ2v) is 8.90. The molecule has 0 spiro atoms. The van der Waals surface area contributed by atoms with Crippen molar-refractivity contribution in [2.75, 3.05) is 6.54 Å². The summed E-state index contributed by atoms with van der Waals surface area (Å²) in [5.41, 5.74) is -0.0320. The fourth-order valence-corrected chi connectivity index (χ4v) is 3.91. The largest absolute Gasteiger partial charge is 0.443 e. The highest BCUT2D eigenvalue weighted by molar-refractivity contribution is 7.88. The van der Waals surface area contributed by atoms with Gasteiger partial charge in [-0.15, -0.1) is 11.3 Å². The molecule has 1 atom stereocenters. The average molecular weight is 386 g/mol. The first-order valence-corrected chi connectivity index (χ1v) is 10.1. The predicted octanol–water partition coefficient (Wildman–Crippen LogP) is 2.68. The maximum absolute atomic E-state index is 11.8. The van der Waals surface area contributed by atoms with Crippen molar-refractivity contribution in [2.45, 2.75) is 38.9 Å². The zero-order chi connectivity index (χ0) is 18.7. The minimum Gasteiger partial charge on any atom is -0.443 e. The Balaban J connectivity index is 1.88. The lowest BCUT2D eigenvalue weighted by atomic mass is 10.1. The van der Waals surface area contributed by atoms with Crippen molar-refractivity contribution in [1.29, 1.82) is 0 Å². The van der Waals surface area contributed by atoms with Gasteiger partial charge in [0.05, 0.1) is 6.10 Å². The number of ether oxygens (including phenoxy) is 1. The first kappa shape index (κ1) is 19.6. The molecule has 0 aliphatic carbocycles. The number of carbonyl (C=O) groups excluding carboxylic acids is 1. The molecule has 0 aliphatic heterocycles. The van der Waals surface area contributed by atoms with Gasteiger partial charge in [-0.3, -0.25) is 0 Å². The van der Waals surface area contributed by atoms with E-state index < -0.39 is 28.0 Å². The van der Waals surface area contributed by atoms with E-state index in [0.717, 1.165) is 15.6 Å². The molecule has 0 saturated heterocycles. The van der Waals surface area contributed by atoms with Gasteiger partial charge in [-0.05, 0) is 49.6 Å². The molecule has 0 saturated carbocycles. The summed E-state index contributed by atoms with van der Waals surface area (Å²) in [4.78, 5) is 11.5. The minimum absolute atomic E-state index is 0.0243. The average Bonchev–Trinajstić information content (AvgIpc) is 2.88. The SMILES string of the molecule is CC(C)(C)OC(=O)NS(=O)(=O)NCCC(O)c1csc2ccccc12. The number of carbonyl (C=O) groups is 1. The Kier molecular flexibility index (Phi) is 6.04. The topological polar surface area (TPSA) is 105 Å². The molecular weight excluding hydrogens is 364 g/mol. The molecule has 1 heterocycles. The van der Waals surface area contributed by atoms with Crippen molar-refractivity contribution in [3.8, 4) is 0 Å². The molecular formula is C16H22N2O5S2. The van der Waals surface area contributed by atoms with E-state index in [0.29, 0.717) is 0 Å². The van der Waals surface area contributed by atoms with Gasteiger partial charge in [-0.1, -0.05) is 18.2 Å². The van der Waals surface area contributed by atoms with Gasteiger partial charge in [-0.25, -0.2) is 9.52 Å². The van der Waals surface area contributed by atoms with E-state index >= 15 is 0 Å². The normalized spacial score (nSPS) is 13.6. The van der Waals surface area contributed by atoms with E-state index in [-0.39, 0.29) is 13.0 Å². The summed E-state index contributed by atoms with van der Waals surface area (Å²) in [6.07, 6.45) is -1.68. The standard InChI is InChI=1S/C16H22N2O5S2/c1-16(2,3)23-15(20)18-25(21,22)17-9-8-13(19)12-10-24-14-7-5-4-6-11(12)14/h4-7,10,13,17,19H,8-9H2,1-3H3,(H,18,20). The van der Waals surface area contributed by atoms with Gasteiger partial charge in [0.1, 0.15) is 5.60 Å². The molecule has 0 bridgehead atoms. The number of thiophene rings is 1. The van der Waals surface area contributed by atoms with Crippen LogP contribution >= 0.6 is 11.3 Å². The van der Waals surface area contributed by atoms with Crippen molar-refractivity contribution in [3.05, 3.63) is 35.2 Å². The van der Waals surface area contributed by atoms with Crippen LogP contribution in [0, 0.1) is 0 Å². The molecule has 7 nitrogen and oxygen atoms in total. The van der Waals surface area contributed by atoms with E-state index in [1.807, 2.05) is 29.6 Å². The molecule has 1 aromatic carbocycles. The molecule has 1 amide bonds. The van der Waals surface area contributed by atoms with E-state index in [1.54, 1.807) is 25.5 Å². The Labute approximate surface area is 151 Å². The van der Waals surface area contributed by atoms with Gasteiger partial charge >= 0.3 is 16.3 Å². The van der Waals surface area contributed by atoms with Crippen LogP contribution in [0.15, 0.2) is 29.6 Å². The molecule has 3 N–H and O–H groups in total. The lowest BCUT2D eigenvalue weighted by Gasteiger charge is -2.19. The van der Waals surface area contributed by atoms with E-state index in [4.69, 9.17) is 4.74 Å². The highest BCUT2D eigenvalue weighted by atomic mass is 32.2. The molecule has 138 valence electrons. The van der Waals surface area contributed by atoms with Gasteiger partial charge in [0.15, 0.2) is 0 Å². The summed E-state index contributed by atoms with van der Waals surface area (Å²) >= 11 is 1.52. The molecule has 25 heavy (non-hydrogen) atoms. The predicted molar refractivity (Wildman–Crippen MR) is 97.7 cm³/mol. The van der Waals surface area contributed by atoms with Gasteiger partial charge < -0.3 is 9.84 Å². The number of fused-ring (bicyclic) bond motifs is 1. The summed E-state index contributed by atoms with van der Waals surface area (Å²) in [5, 5.41) is 13.1. The molecule has 2 aromatic rings. The number of amides is 1. The van der Waals surface area contributed by atoms with Crippen LogP contribution in [0.2, 0.25) is 0 Å². The molecule has 1 unspecified atom stereocenters. The molecule has 0 fully saturated rings. The Bertz CT molecular complexity index is 840. The maximum Gasteiger partial charge on any atom is 0.422 e. The Hall–Kier alpha value is -1.68. The van der Waals surface area contributed by atoms with E-state index in [9.17, 15) is 18.3 Å². The van der Waals surface area contributed by atoms with Gasteiger partial charge in [-0.2, -0.15) is 13.1 Å². The zero-order valence-electron chi connectivity index (χ0n) is 14.3. The van der Waals surface area contributed by atoms with Crippen molar-refractivity contribution < 1.29 is 23.1 Å². The molecule has 0 radical (unpaired) electrons. The molecule has 0 aliphatic rings. The monoisotopic (exact) mass is 386 g/mol. The van der Waals surface area contributed by atoms with Crippen LogP contribution in [-0.4, -0.2) is 31.8 Å². The summed E-state index contributed by atoms with van der Waals surface area (Å²) in [6.45, 7) is 4.87. The quantitative estimate of drug-likeness (QED) is 0.708. The lowest BCUT2D eigenvalue weighted by molar-refractivity contribution is 0.0569. The highest BCUT2D eigenvalue weighted by Gasteiger charge is 2.21. The third kappa shape index (κ3) is 5.96. The summed E-state index contributed by atoms with van der Waals surface area (Å²) < 4.78 is 33.6. The number of hydrogen-bond donors (Lipinski definition) is 3. The van der Waals surface area contributed by atoms with Crippen molar-refractivity contribution in [2.24, 2.45) is 0 Å². The fourth-order valence-electron chi connectivity index (χ4n) is 2.19. The number of aliphatic hydroxyl groups excluding tert-OH is 1. The van der Waals surface area contributed by atoms with E-state index in [1.165, 1.54) is 11.3 Å². The van der Waals surface area contributed by atoms with Crippen LogP contribution in [0.4, 0.5) is 4.79 Å². The number of benzene rings is 1. The smallest absolute Gasteiger partial charge is 0.422 e. The first-order valence-electron chi connectivity index (χ1n) is 7.72. The maximum atomic E-state index is 11.8. The van der Waals surface area contributed by atoms with Crippen LogP contribution in [0.5, 0.6) is 0 Å². The third-order valence-corrected chi connectivity index (χ3v) is 5.20. The van der Waals surface area contributed by atoms with Gasteiger partial charge in [0.2, 0.25) is 0 Å². The van der Waals surface area contributed by atoms with Gasteiger partial charge in [0, 0.05) is 11.2 Å². The second kappa shape index (κ2) is 7.69. The van der Waals surface area contributed by atoms with E-state index in [2.05, 4.69) is 4.72 Å². The minimum atomic E-state index is -4.04. The van der Waals surface area contributed by atoms with Crippen molar-refractivity contribution in [1.82, 2.24) is 9.44 Å². The third-order valence-electron chi connectivity index (χ3n) is 3.20. The highest BCUT2D eigenvalue weighted by Crippen LogP contribution is 2.31. The van der Waals surface area contributed by atoms with Gasteiger partial charge in [0.25, 0.3) is 0 Å². The van der Waals surface area contributed by atoms with Crippen molar-refractivity contribution >= 4 is 37.7 Å². The van der Waals surface area contributed by atoms with Crippen LogP contribution < -0.4 is 9.44 Å². The van der Waals surface area contributed by atoms with Crippen LogP contribution in [0.3, 0.4) is 0 Å². The number of aliphatic hydroxyl groups is 1. The zero-order valence-corrected chi connectivity index (χ0v) is 15.9. The van der Waals surface area contributed by atoms with Crippen LogP contribution in [0.25, 0.3) is 10.1 Å². The first-order chi connectivity index (χ1) is 11.6. The molecule has 1 aromatic heterocycles. The molecule has 9 heteroatoms. The number of hydrogen-bond acceptors (Lipinski definition) is 6. The van der Waals surface area contributed by atoms with Crippen molar-refractivity contribution in [3.63, 3.8) is 0 Å². The molecule has 2 rings (SSSR count).